The highest BCUT2D eigenvalue weighted by atomic mass is 32.2. The zero-order chi connectivity index (χ0) is 19.5. The summed E-state index contributed by atoms with van der Waals surface area (Å²) < 4.78 is 29.9. The van der Waals surface area contributed by atoms with Gasteiger partial charge in [-0.05, 0) is 6.92 Å². The van der Waals surface area contributed by atoms with Gasteiger partial charge in [0.15, 0.2) is 0 Å². The average molecular weight is 391 g/mol. The summed E-state index contributed by atoms with van der Waals surface area (Å²) >= 11 is 0. The van der Waals surface area contributed by atoms with E-state index in [1.165, 1.54) is 0 Å². The van der Waals surface area contributed by atoms with Gasteiger partial charge in [0, 0.05) is 39.1 Å². The molecule has 0 saturated carbocycles. The van der Waals surface area contributed by atoms with Gasteiger partial charge in [-0.25, -0.2) is 8.42 Å². The summed E-state index contributed by atoms with van der Waals surface area (Å²) in [6.45, 7) is 2.79. The van der Waals surface area contributed by atoms with Crippen LogP contribution in [0.4, 0.5) is 0 Å². The van der Waals surface area contributed by atoms with Crippen molar-refractivity contribution in [1.29, 1.82) is 0 Å². The molecular formula is C15H25N3O7S. The first kappa shape index (κ1) is 20.6. The van der Waals surface area contributed by atoms with Crippen molar-refractivity contribution in [2.24, 2.45) is 5.92 Å². The van der Waals surface area contributed by atoms with E-state index >= 15 is 0 Å². The van der Waals surface area contributed by atoms with Gasteiger partial charge in [-0.15, -0.1) is 0 Å². The second kappa shape index (κ2) is 8.31. The smallest absolute Gasteiger partial charge is 0.318 e. The SMILES string of the molecule is CCN1CC(C(=O)N2CCOC(CN(CC(=O)O)S(C)(=O)=O)C2)CC1=O. The third-order valence-corrected chi connectivity index (χ3v) is 5.80. The Kier molecular flexibility index (Phi) is 6.58. The van der Waals surface area contributed by atoms with Crippen LogP contribution in [0, 0.1) is 5.92 Å². The van der Waals surface area contributed by atoms with Crippen molar-refractivity contribution in [3.8, 4) is 0 Å². The highest BCUT2D eigenvalue weighted by Gasteiger charge is 2.38. The van der Waals surface area contributed by atoms with Gasteiger partial charge in [0.05, 0.1) is 24.9 Å². The molecule has 26 heavy (non-hydrogen) atoms. The van der Waals surface area contributed by atoms with Gasteiger partial charge >= 0.3 is 5.97 Å². The lowest BCUT2D eigenvalue weighted by Gasteiger charge is -2.36. The Morgan fingerprint density at radius 1 is 1.35 bits per heavy atom. The second-order valence-electron chi connectivity index (χ2n) is 6.56. The molecule has 2 atom stereocenters. The Morgan fingerprint density at radius 2 is 2.04 bits per heavy atom. The van der Waals surface area contributed by atoms with Crippen LogP contribution < -0.4 is 0 Å². The number of ether oxygens (including phenoxy) is 1. The summed E-state index contributed by atoms with van der Waals surface area (Å²) in [5.74, 6) is -1.85. The minimum atomic E-state index is -3.71. The maximum atomic E-state index is 12.7. The number of rotatable bonds is 7. The molecule has 0 spiro atoms. The van der Waals surface area contributed by atoms with E-state index in [2.05, 4.69) is 0 Å². The molecule has 2 heterocycles. The monoisotopic (exact) mass is 391 g/mol. The first-order valence-corrected chi connectivity index (χ1v) is 10.3. The number of carboxylic acid groups (broad SMARTS) is 1. The molecule has 1 N–H and O–H groups in total. The number of amides is 2. The van der Waals surface area contributed by atoms with Crippen LogP contribution in [0.3, 0.4) is 0 Å². The highest BCUT2D eigenvalue weighted by Crippen LogP contribution is 2.21. The van der Waals surface area contributed by atoms with E-state index in [0.717, 1.165) is 10.6 Å². The molecule has 0 aromatic rings. The fourth-order valence-corrected chi connectivity index (χ4v) is 4.01. The van der Waals surface area contributed by atoms with Gasteiger partial charge in [-0.2, -0.15) is 4.31 Å². The number of aliphatic carboxylic acids is 1. The number of likely N-dealkylation sites (tertiary alicyclic amines) is 1. The molecular weight excluding hydrogens is 366 g/mol. The van der Waals surface area contributed by atoms with E-state index in [-0.39, 0.29) is 37.9 Å². The number of morpholine rings is 1. The van der Waals surface area contributed by atoms with E-state index in [4.69, 9.17) is 9.84 Å². The lowest BCUT2D eigenvalue weighted by molar-refractivity contribution is -0.144. The van der Waals surface area contributed by atoms with Crippen LogP contribution in [0.5, 0.6) is 0 Å². The fourth-order valence-electron chi connectivity index (χ4n) is 3.23. The minimum Gasteiger partial charge on any atom is -0.480 e. The molecule has 0 aromatic carbocycles. The zero-order valence-corrected chi connectivity index (χ0v) is 15.8. The minimum absolute atomic E-state index is 0.0413. The molecule has 0 aromatic heterocycles. The molecule has 2 amide bonds. The standard InChI is InChI=1S/C15H25N3O7S/c1-3-16-7-11(6-13(16)19)15(22)17-4-5-25-12(8-17)9-18(10-14(20)21)26(2,23)24/h11-12H,3-10H2,1-2H3,(H,20,21). The van der Waals surface area contributed by atoms with Crippen molar-refractivity contribution in [3.63, 3.8) is 0 Å². The van der Waals surface area contributed by atoms with Crippen LogP contribution in [-0.4, -0.2) is 104 Å². The van der Waals surface area contributed by atoms with Crippen molar-refractivity contribution in [1.82, 2.24) is 14.1 Å². The second-order valence-corrected chi connectivity index (χ2v) is 8.54. The molecule has 0 bridgehead atoms. The summed E-state index contributed by atoms with van der Waals surface area (Å²) in [6, 6.07) is 0. The van der Waals surface area contributed by atoms with E-state index < -0.39 is 34.6 Å². The van der Waals surface area contributed by atoms with Crippen LogP contribution >= 0.6 is 0 Å². The molecule has 148 valence electrons. The van der Waals surface area contributed by atoms with Crippen LogP contribution in [0.2, 0.25) is 0 Å². The lowest BCUT2D eigenvalue weighted by Crippen LogP contribution is -2.52. The first-order chi connectivity index (χ1) is 12.1. The number of sulfonamides is 1. The average Bonchev–Trinajstić information content (AvgIpc) is 2.93. The van der Waals surface area contributed by atoms with Crippen molar-refractivity contribution in [2.75, 3.05) is 52.1 Å². The molecule has 2 unspecified atom stereocenters. The normalized spacial score (nSPS) is 24.3. The predicted octanol–water partition coefficient (Wildman–Crippen LogP) is -1.57. The Hall–Kier alpha value is -1.72. The number of carbonyl (C=O) groups is 3. The van der Waals surface area contributed by atoms with Gasteiger partial charge < -0.3 is 19.6 Å². The number of hydrogen-bond acceptors (Lipinski definition) is 6. The Morgan fingerprint density at radius 3 is 2.58 bits per heavy atom. The van der Waals surface area contributed by atoms with Crippen molar-refractivity contribution >= 4 is 27.8 Å². The number of carbonyl (C=O) groups excluding carboxylic acids is 2. The Bertz CT molecular complexity index is 666. The molecule has 0 radical (unpaired) electrons. The van der Waals surface area contributed by atoms with E-state index in [9.17, 15) is 22.8 Å². The third kappa shape index (κ3) is 5.15. The van der Waals surface area contributed by atoms with E-state index in [0.29, 0.717) is 19.6 Å². The quantitative estimate of drug-likeness (QED) is 0.556. The van der Waals surface area contributed by atoms with Gasteiger partial charge in [0.1, 0.15) is 6.54 Å². The van der Waals surface area contributed by atoms with E-state index in [1.54, 1.807) is 9.80 Å². The van der Waals surface area contributed by atoms with Crippen molar-refractivity contribution in [2.45, 2.75) is 19.4 Å². The molecule has 2 fully saturated rings. The van der Waals surface area contributed by atoms with E-state index in [1.807, 2.05) is 6.92 Å². The van der Waals surface area contributed by atoms with Crippen molar-refractivity contribution in [3.05, 3.63) is 0 Å². The number of hydrogen-bond donors (Lipinski definition) is 1. The molecule has 2 aliphatic heterocycles. The Labute approximate surface area is 152 Å². The molecule has 10 nitrogen and oxygen atoms in total. The lowest BCUT2D eigenvalue weighted by atomic mass is 10.1. The molecule has 2 saturated heterocycles. The van der Waals surface area contributed by atoms with Gasteiger partial charge in [-0.1, -0.05) is 0 Å². The number of carboxylic acids is 1. The molecule has 0 aliphatic carbocycles. The van der Waals surface area contributed by atoms with Gasteiger partial charge in [0.2, 0.25) is 21.8 Å². The topological polar surface area (TPSA) is 125 Å². The Balaban J connectivity index is 1.99. The maximum Gasteiger partial charge on any atom is 0.318 e. The largest absolute Gasteiger partial charge is 0.480 e. The summed E-state index contributed by atoms with van der Waals surface area (Å²) in [7, 11) is -3.71. The predicted molar refractivity (Wildman–Crippen MR) is 90.7 cm³/mol. The maximum absolute atomic E-state index is 12.7. The van der Waals surface area contributed by atoms with Crippen LogP contribution in [0.15, 0.2) is 0 Å². The van der Waals surface area contributed by atoms with Crippen molar-refractivity contribution < 1.29 is 32.6 Å². The fraction of sp³-hybridized carbons (Fsp3) is 0.800. The van der Waals surface area contributed by atoms with Gasteiger partial charge in [-0.3, -0.25) is 14.4 Å². The number of nitrogens with zero attached hydrogens (tertiary/aromatic N) is 3. The summed E-state index contributed by atoms with van der Waals surface area (Å²) in [4.78, 5) is 38.6. The van der Waals surface area contributed by atoms with Crippen LogP contribution in [0.1, 0.15) is 13.3 Å². The zero-order valence-electron chi connectivity index (χ0n) is 15.0. The van der Waals surface area contributed by atoms with Crippen LogP contribution in [-0.2, 0) is 29.1 Å². The first-order valence-electron chi connectivity index (χ1n) is 8.46. The summed E-state index contributed by atoms with van der Waals surface area (Å²) in [6.07, 6.45) is 0.509. The molecule has 2 rings (SSSR count). The highest BCUT2D eigenvalue weighted by molar-refractivity contribution is 7.88. The summed E-state index contributed by atoms with van der Waals surface area (Å²) in [5, 5.41) is 8.89. The van der Waals surface area contributed by atoms with Crippen LogP contribution in [0.25, 0.3) is 0 Å². The third-order valence-electron chi connectivity index (χ3n) is 4.58. The summed E-state index contributed by atoms with van der Waals surface area (Å²) in [5.41, 5.74) is 0. The molecule has 2 aliphatic rings. The van der Waals surface area contributed by atoms with Gasteiger partial charge in [0.25, 0.3) is 0 Å². The molecule has 11 heteroatoms.